The molecule has 3 aliphatic rings. The fraction of sp³-hybridized carbons (Fsp3) is 0.273. The molecule has 66 valence electrons. The van der Waals surface area contributed by atoms with Gasteiger partial charge in [0.25, 0.3) is 0 Å². The molecule has 2 nitrogen and oxygen atoms in total. The highest BCUT2D eigenvalue weighted by atomic mass is 16.3. The van der Waals surface area contributed by atoms with Gasteiger partial charge in [-0.2, -0.15) is 0 Å². The third-order valence-electron chi connectivity index (χ3n) is 2.87. The Morgan fingerprint density at radius 3 is 3.00 bits per heavy atom. The number of aryl methyl sites for hydroxylation is 1. The zero-order chi connectivity index (χ0) is 8.84. The van der Waals surface area contributed by atoms with Crippen LogP contribution in [0.25, 0.3) is 11.1 Å². The van der Waals surface area contributed by atoms with Crippen LogP contribution in [-0.4, -0.2) is 9.67 Å². The molecule has 0 unspecified atom stereocenters. The highest BCUT2D eigenvalue weighted by Crippen LogP contribution is 2.37. The van der Waals surface area contributed by atoms with Gasteiger partial charge in [0.15, 0.2) is 0 Å². The first-order chi connectivity index (χ1) is 6.36. The Morgan fingerprint density at radius 1 is 1.15 bits per heavy atom. The number of aromatic nitrogens is 1. The minimum atomic E-state index is 0.408. The van der Waals surface area contributed by atoms with Crippen molar-refractivity contribution in [2.24, 2.45) is 0 Å². The van der Waals surface area contributed by atoms with E-state index in [1.54, 1.807) is 6.07 Å². The van der Waals surface area contributed by atoms with Crippen LogP contribution in [-0.2, 0) is 13.0 Å². The largest absolute Gasteiger partial charge is 0.507 e. The van der Waals surface area contributed by atoms with Gasteiger partial charge in [0, 0.05) is 29.6 Å². The van der Waals surface area contributed by atoms with E-state index in [-0.39, 0.29) is 0 Å². The smallest absolute Gasteiger partial charge is 0.123 e. The summed E-state index contributed by atoms with van der Waals surface area (Å²) in [4.78, 5) is 0. The summed E-state index contributed by atoms with van der Waals surface area (Å²) in [5.41, 5.74) is 3.59. The SMILES string of the molecule is Oc1ccc2c3n(ccc1-2)CCC3. The molecule has 1 aliphatic carbocycles. The third kappa shape index (κ3) is 0.829. The first-order valence-electron chi connectivity index (χ1n) is 4.66. The Balaban J connectivity index is 2.35. The lowest BCUT2D eigenvalue weighted by Gasteiger charge is -2.09. The molecule has 0 fully saturated rings. The van der Waals surface area contributed by atoms with E-state index in [9.17, 15) is 5.11 Å². The highest BCUT2D eigenvalue weighted by molar-refractivity contribution is 5.75. The molecule has 0 saturated heterocycles. The van der Waals surface area contributed by atoms with E-state index < -0.39 is 0 Å². The summed E-state index contributed by atoms with van der Waals surface area (Å²) in [6, 6.07) is 5.80. The van der Waals surface area contributed by atoms with Crippen LogP contribution in [0.15, 0.2) is 24.4 Å². The molecular weight excluding hydrogens is 162 g/mol. The summed E-state index contributed by atoms with van der Waals surface area (Å²) in [6.07, 6.45) is 4.44. The highest BCUT2D eigenvalue weighted by Gasteiger charge is 2.18. The molecule has 0 radical (unpaired) electrons. The number of nitrogens with zero attached hydrogens (tertiary/aromatic N) is 1. The maximum atomic E-state index is 9.53. The quantitative estimate of drug-likeness (QED) is 0.649. The topological polar surface area (TPSA) is 25.2 Å². The number of rotatable bonds is 0. The fourth-order valence-corrected chi connectivity index (χ4v) is 2.22. The van der Waals surface area contributed by atoms with E-state index >= 15 is 0 Å². The molecule has 13 heavy (non-hydrogen) atoms. The number of fused-ring (bicyclic) bond motifs is 3. The molecule has 2 heterocycles. The maximum Gasteiger partial charge on any atom is 0.123 e. The molecule has 0 spiro atoms. The van der Waals surface area contributed by atoms with Crippen LogP contribution in [0.2, 0.25) is 0 Å². The van der Waals surface area contributed by atoms with E-state index in [0.29, 0.717) is 5.75 Å². The number of hydrogen-bond acceptors (Lipinski definition) is 1. The molecule has 2 aliphatic heterocycles. The van der Waals surface area contributed by atoms with Crippen LogP contribution in [0.3, 0.4) is 0 Å². The van der Waals surface area contributed by atoms with E-state index in [0.717, 1.165) is 18.5 Å². The summed E-state index contributed by atoms with van der Waals surface area (Å²) in [7, 11) is 0. The Hall–Kier alpha value is -1.44. The van der Waals surface area contributed by atoms with Gasteiger partial charge in [-0.25, -0.2) is 0 Å². The lowest BCUT2D eigenvalue weighted by Crippen LogP contribution is -1.97. The van der Waals surface area contributed by atoms with Gasteiger partial charge in [-0.05, 0) is 31.0 Å². The second-order valence-electron chi connectivity index (χ2n) is 3.61. The van der Waals surface area contributed by atoms with Crippen LogP contribution in [0.5, 0.6) is 5.75 Å². The second kappa shape index (κ2) is 2.28. The van der Waals surface area contributed by atoms with Crippen LogP contribution < -0.4 is 0 Å². The molecule has 0 aromatic rings. The fourth-order valence-electron chi connectivity index (χ4n) is 2.22. The summed E-state index contributed by atoms with van der Waals surface area (Å²) >= 11 is 0. The summed E-state index contributed by atoms with van der Waals surface area (Å²) in [6.45, 7) is 1.12. The molecule has 0 saturated carbocycles. The lowest BCUT2D eigenvalue weighted by molar-refractivity contribution is 0.479. The Morgan fingerprint density at radius 2 is 2.08 bits per heavy atom. The van der Waals surface area contributed by atoms with Crippen molar-refractivity contribution >= 4 is 0 Å². The van der Waals surface area contributed by atoms with Crippen molar-refractivity contribution in [3.05, 3.63) is 30.1 Å². The van der Waals surface area contributed by atoms with Gasteiger partial charge in [-0.1, -0.05) is 0 Å². The minimum Gasteiger partial charge on any atom is -0.507 e. The molecular formula is C11H11NO. The van der Waals surface area contributed by atoms with Crippen molar-refractivity contribution in [3.8, 4) is 16.9 Å². The average Bonchev–Trinajstić information content (AvgIpc) is 2.70. The summed E-state index contributed by atoms with van der Waals surface area (Å²) < 4.78 is 2.28. The second-order valence-corrected chi connectivity index (χ2v) is 3.61. The van der Waals surface area contributed by atoms with Crippen molar-refractivity contribution in [3.63, 3.8) is 0 Å². The van der Waals surface area contributed by atoms with Gasteiger partial charge < -0.3 is 9.67 Å². The molecule has 0 atom stereocenters. The van der Waals surface area contributed by atoms with E-state index in [4.69, 9.17) is 0 Å². The predicted octanol–water partition coefficient (Wildman–Crippen LogP) is 2.24. The zero-order valence-electron chi connectivity index (χ0n) is 7.33. The van der Waals surface area contributed by atoms with E-state index in [1.165, 1.54) is 17.7 Å². The van der Waals surface area contributed by atoms with Crippen molar-refractivity contribution in [2.75, 3.05) is 0 Å². The number of hydrogen-bond donors (Lipinski definition) is 1. The molecule has 1 N–H and O–H groups in total. The van der Waals surface area contributed by atoms with Gasteiger partial charge in [-0.3, -0.25) is 0 Å². The minimum absolute atomic E-state index is 0.408. The molecule has 0 aromatic carbocycles. The molecule has 0 bridgehead atoms. The van der Waals surface area contributed by atoms with Gasteiger partial charge in [-0.15, -0.1) is 0 Å². The Labute approximate surface area is 76.8 Å². The van der Waals surface area contributed by atoms with Gasteiger partial charge in [0.1, 0.15) is 5.75 Å². The zero-order valence-corrected chi connectivity index (χ0v) is 7.33. The van der Waals surface area contributed by atoms with Crippen LogP contribution >= 0.6 is 0 Å². The summed E-state index contributed by atoms with van der Waals surface area (Å²) in [5.74, 6) is 0.408. The van der Waals surface area contributed by atoms with Gasteiger partial charge >= 0.3 is 0 Å². The van der Waals surface area contributed by atoms with Gasteiger partial charge in [0.05, 0.1) is 0 Å². The molecule has 2 heteroatoms. The first kappa shape index (κ1) is 7.01. The maximum absolute atomic E-state index is 9.53. The monoisotopic (exact) mass is 173 g/mol. The average molecular weight is 173 g/mol. The first-order valence-corrected chi connectivity index (χ1v) is 4.66. The normalized spacial score (nSPS) is 15.1. The third-order valence-corrected chi connectivity index (χ3v) is 2.87. The van der Waals surface area contributed by atoms with E-state index in [2.05, 4.69) is 10.8 Å². The van der Waals surface area contributed by atoms with Crippen molar-refractivity contribution in [1.29, 1.82) is 0 Å². The van der Waals surface area contributed by atoms with Crippen molar-refractivity contribution in [1.82, 2.24) is 4.57 Å². The van der Waals surface area contributed by atoms with Crippen LogP contribution in [0, 0.1) is 0 Å². The van der Waals surface area contributed by atoms with Crippen molar-refractivity contribution < 1.29 is 5.11 Å². The molecule has 3 rings (SSSR count). The standard InChI is InChI=1S/C11H11NO/c13-11-4-3-8-9(11)5-7-12-6-1-2-10(8)12/h3-5,7,13H,1-2,6H2. The lowest BCUT2D eigenvalue weighted by atomic mass is 10.1. The number of pyridine rings is 1. The predicted molar refractivity (Wildman–Crippen MR) is 51.0 cm³/mol. The molecule has 0 aromatic heterocycles. The Bertz CT molecular complexity index is 430. The van der Waals surface area contributed by atoms with Crippen LogP contribution in [0.4, 0.5) is 0 Å². The van der Waals surface area contributed by atoms with Crippen LogP contribution in [0.1, 0.15) is 12.1 Å². The number of aromatic hydroxyl groups is 1. The Kier molecular flexibility index (Phi) is 1.23. The summed E-state index contributed by atoms with van der Waals surface area (Å²) in [5, 5.41) is 9.53. The van der Waals surface area contributed by atoms with Gasteiger partial charge in [0.2, 0.25) is 0 Å². The van der Waals surface area contributed by atoms with Crippen molar-refractivity contribution in [2.45, 2.75) is 19.4 Å². The van der Waals surface area contributed by atoms with E-state index in [1.807, 2.05) is 12.1 Å². The molecule has 0 amide bonds.